The van der Waals surface area contributed by atoms with E-state index in [1.54, 1.807) is 7.11 Å². The Hall–Kier alpha value is -2.98. The van der Waals surface area contributed by atoms with Crippen LogP contribution < -0.4 is 9.47 Å². The molecule has 2 aliphatic rings. The standard InChI is InChI=1S/C23H19ClN2O2/c1-27-18-9-5-8-16(12-18)20-14-21-19-13-17(24)10-11-22(19)28-23(26(21)25-20)15-6-3-2-4-7-15/h2-13,21,23H,14H2,1H3/t21-,23-/m1/s1. The number of rotatable bonds is 3. The third-order valence-electron chi connectivity index (χ3n) is 5.24. The first-order valence-corrected chi connectivity index (χ1v) is 9.62. The van der Waals surface area contributed by atoms with Crippen molar-refractivity contribution < 1.29 is 9.47 Å². The second kappa shape index (κ2) is 6.88. The van der Waals surface area contributed by atoms with Crippen LogP contribution in [-0.4, -0.2) is 17.8 Å². The first-order valence-electron chi connectivity index (χ1n) is 9.24. The predicted octanol–water partition coefficient (Wildman–Crippen LogP) is 5.59. The van der Waals surface area contributed by atoms with E-state index in [0.29, 0.717) is 5.02 Å². The molecule has 5 heteroatoms. The molecule has 0 radical (unpaired) electrons. The van der Waals surface area contributed by atoms with Crippen LogP contribution in [0.2, 0.25) is 5.02 Å². The van der Waals surface area contributed by atoms with Crippen molar-refractivity contribution in [2.75, 3.05) is 7.11 Å². The predicted molar refractivity (Wildman–Crippen MR) is 110 cm³/mol. The number of hydrogen-bond acceptors (Lipinski definition) is 4. The van der Waals surface area contributed by atoms with Gasteiger partial charge in [0.15, 0.2) is 0 Å². The van der Waals surface area contributed by atoms with Gasteiger partial charge in [-0.15, -0.1) is 0 Å². The third kappa shape index (κ3) is 2.90. The fourth-order valence-electron chi connectivity index (χ4n) is 3.87. The summed E-state index contributed by atoms with van der Waals surface area (Å²) in [5.41, 5.74) is 4.22. The van der Waals surface area contributed by atoms with E-state index in [0.717, 1.165) is 40.3 Å². The molecule has 3 aromatic carbocycles. The van der Waals surface area contributed by atoms with E-state index in [4.69, 9.17) is 26.2 Å². The molecule has 0 aliphatic carbocycles. The van der Waals surface area contributed by atoms with Crippen molar-refractivity contribution in [3.8, 4) is 11.5 Å². The number of halogens is 1. The molecule has 140 valence electrons. The average molecular weight is 391 g/mol. The van der Waals surface area contributed by atoms with Crippen LogP contribution in [0.4, 0.5) is 0 Å². The molecule has 0 unspecified atom stereocenters. The summed E-state index contributed by atoms with van der Waals surface area (Å²) in [5, 5.41) is 7.73. The topological polar surface area (TPSA) is 34.1 Å². The Morgan fingerprint density at radius 2 is 1.89 bits per heavy atom. The van der Waals surface area contributed by atoms with Crippen LogP contribution in [0.5, 0.6) is 11.5 Å². The number of ether oxygens (including phenoxy) is 2. The molecule has 0 spiro atoms. The number of benzene rings is 3. The highest BCUT2D eigenvalue weighted by Gasteiger charge is 2.41. The Morgan fingerprint density at radius 1 is 1.04 bits per heavy atom. The SMILES string of the molecule is COc1cccc(C2=NN3[C@H](C2)c2cc(Cl)ccc2O[C@@H]3c2ccccc2)c1. The van der Waals surface area contributed by atoms with E-state index in [1.807, 2.05) is 54.6 Å². The minimum atomic E-state index is -0.275. The Labute approximate surface area is 169 Å². The smallest absolute Gasteiger partial charge is 0.213 e. The molecular weight excluding hydrogens is 372 g/mol. The van der Waals surface area contributed by atoms with Crippen molar-refractivity contribution in [2.45, 2.75) is 18.7 Å². The van der Waals surface area contributed by atoms with Crippen LogP contribution in [0.3, 0.4) is 0 Å². The van der Waals surface area contributed by atoms with Crippen molar-refractivity contribution in [1.29, 1.82) is 0 Å². The van der Waals surface area contributed by atoms with Gasteiger partial charge in [-0.05, 0) is 30.3 Å². The molecule has 4 nitrogen and oxygen atoms in total. The summed E-state index contributed by atoms with van der Waals surface area (Å²) in [4.78, 5) is 0. The van der Waals surface area contributed by atoms with Crippen molar-refractivity contribution in [3.05, 3.63) is 94.5 Å². The average Bonchev–Trinajstić information content (AvgIpc) is 3.20. The van der Waals surface area contributed by atoms with Crippen LogP contribution in [0, 0.1) is 0 Å². The van der Waals surface area contributed by atoms with Crippen molar-refractivity contribution >= 4 is 17.3 Å². The van der Waals surface area contributed by atoms with E-state index in [-0.39, 0.29) is 12.3 Å². The molecule has 0 bridgehead atoms. The van der Waals surface area contributed by atoms with Gasteiger partial charge >= 0.3 is 0 Å². The first-order chi connectivity index (χ1) is 13.7. The number of hydrogen-bond donors (Lipinski definition) is 0. The highest BCUT2D eigenvalue weighted by Crippen LogP contribution is 2.48. The van der Waals surface area contributed by atoms with E-state index in [2.05, 4.69) is 23.2 Å². The lowest BCUT2D eigenvalue weighted by Gasteiger charge is -2.38. The van der Waals surface area contributed by atoms with Gasteiger partial charge in [-0.2, -0.15) is 5.10 Å². The van der Waals surface area contributed by atoms with Gasteiger partial charge in [-0.3, -0.25) is 0 Å². The van der Waals surface area contributed by atoms with Crippen molar-refractivity contribution in [2.24, 2.45) is 5.10 Å². The highest BCUT2D eigenvalue weighted by atomic mass is 35.5. The Balaban J connectivity index is 1.60. The van der Waals surface area contributed by atoms with Gasteiger partial charge < -0.3 is 9.47 Å². The van der Waals surface area contributed by atoms with Gasteiger partial charge in [0.05, 0.1) is 18.9 Å². The van der Waals surface area contributed by atoms with E-state index < -0.39 is 0 Å². The summed E-state index contributed by atoms with van der Waals surface area (Å²) in [6, 6.07) is 24.1. The molecule has 0 amide bonds. The number of nitrogens with zero attached hydrogens (tertiary/aromatic N) is 2. The van der Waals surface area contributed by atoms with Gasteiger partial charge in [-0.25, -0.2) is 5.01 Å². The molecule has 0 saturated carbocycles. The lowest BCUT2D eigenvalue weighted by atomic mass is 9.96. The van der Waals surface area contributed by atoms with E-state index >= 15 is 0 Å². The number of hydrazone groups is 1. The van der Waals surface area contributed by atoms with Gasteiger partial charge in [-0.1, -0.05) is 54.1 Å². The molecule has 5 rings (SSSR count). The minimum absolute atomic E-state index is 0.0776. The largest absolute Gasteiger partial charge is 0.497 e. The van der Waals surface area contributed by atoms with Gasteiger partial charge in [0.25, 0.3) is 0 Å². The van der Waals surface area contributed by atoms with Crippen LogP contribution in [-0.2, 0) is 0 Å². The van der Waals surface area contributed by atoms with Gasteiger partial charge in [0.2, 0.25) is 6.23 Å². The van der Waals surface area contributed by atoms with E-state index in [1.165, 1.54) is 0 Å². The van der Waals surface area contributed by atoms with Crippen LogP contribution >= 0.6 is 11.6 Å². The minimum Gasteiger partial charge on any atom is -0.497 e. The summed E-state index contributed by atoms with van der Waals surface area (Å²) in [6.45, 7) is 0. The Morgan fingerprint density at radius 3 is 2.71 bits per heavy atom. The molecule has 2 heterocycles. The number of fused-ring (bicyclic) bond motifs is 3. The molecule has 0 N–H and O–H groups in total. The summed E-state index contributed by atoms with van der Waals surface area (Å²) in [7, 11) is 1.68. The summed E-state index contributed by atoms with van der Waals surface area (Å²) < 4.78 is 11.7. The van der Waals surface area contributed by atoms with Crippen molar-refractivity contribution in [1.82, 2.24) is 5.01 Å². The fourth-order valence-corrected chi connectivity index (χ4v) is 4.05. The van der Waals surface area contributed by atoms with Crippen LogP contribution in [0.25, 0.3) is 0 Å². The molecule has 2 atom stereocenters. The van der Waals surface area contributed by atoms with Gasteiger partial charge in [0, 0.05) is 28.1 Å². The molecule has 0 aromatic heterocycles. The number of methoxy groups -OCH3 is 1. The molecule has 2 aliphatic heterocycles. The maximum absolute atomic E-state index is 6.35. The second-order valence-corrected chi connectivity index (χ2v) is 7.38. The molecule has 28 heavy (non-hydrogen) atoms. The van der Waals surface area contributed by atoms with Crippen LogP contribution in [0.15, 0.2) is 77.9 Å². The quantitative estimate of drug-likeness (QED) is 0.584. The zero-order valence-electron chi connectivity index (χ0n) is 15.4. The Bertz CT molecular complexity index is 1050. The summed E-state index contributed by atoms with van der Waals surface area (Å²) in [5.74, 6) is 1.69. The maximum atomic E-state index is 6.35. The molecule has 0 saturated heterocycles. The second-order valence-electron chi connectivity index (χ2n) is 6.94. The summed E-state index contributed by atoms with van der Waals surface area (Å²) >= 11 is 6.29. The normalized spacial score (nSPS) is 20.1. The monoisotopic (exact) mass is 390 g/mol. The third-order valence-corrected chi connectivity index (χ3v) is 5.47. The maximum Gasteiger partial charge on any atom is 0.213 e. The van der Waals surface area contributed by atoms with Gasteiger partial charge in [0.1, 0.15) is 11.5 Å². The summed E-state index contributed by atoms with van der Waals surface area (Å²) in [6.07, 6.45) is 0.510. The lowest BCUT2D eigenvalue weighted by molar-refractivity contribution is -0.0190. The fraction of sp³-hybridized carbons (Fsp3) is 0.174. The lowest BCUT2D eigenvalue weighted by Crippen LogP contribution is -2.33. The highest BCUT2D eigenvalue weighted by molar-refractivity contribution is 6.30. The zero-order valence-corrected chi connectivity index (χ0v) is 16.1. The van der Waals surface area contributed by atoms with Crippen LogP contribution in [0.1, 0.15) is 35.4 Å². The zero-order chi connectivity index (χ0) is 19.1. The molecule has 3 aromatic rings. The van der Waals surface area contributed by atoms with E-state index in [9.17, 15) is 0 Å². The molecular formula is C23H19ClN2O2. The van der Waals surface area contributed by atoms with Crippen molar-refractivity contribution in [3.63, 3.8) is 0 Å². The first kappa shape index (κ1) is 17.1. The molecule has 0 fully saturated rings. The Kier molecular flexibility index (Phi) is 4.21.